The molecule has 134 valence electrons. The number of nitrogens with one attached hydrogen (secondary N) is 1. The maximum atomic E-state index is 12.4. The first-order valence-corrected chi connectivity index (χ1v) is 9.09. The van der Waals surface area contributed by atoms with E-state index < -0.39 is 38.8 Å². The molecule has 0 bridgehead atoms. The number of benzene rings is 1. The third-order valence-corrected chi connectivity index (χ3v) is 4.61. The molecule has 0 aliphatic heterocycles. The highest BCUT2D eigenvalue weighted by molar-refractivity contribution is 7.91. The van der Waals surface area contributed by atoms with Gasteiger partial charge in [-0.15, -0.1) is 0 Å². The monoisotopic (exact) mass is 367 g/mol. The molecule has 0 spiro atoms. The van der Waals surface area contributed by atoms with Crippen molar-refractivity contribution in [3.63, 3.8) is 0 Å². The summed E-state index contributed by atoms with van der Waals surface area (Å²) in [5, 5.41) is 9.74. The Labute approximate surface area is 144 Å². The van der Waals surface area contributed by atoms with Gasteiger partial charge in [0, 0.05) is 12.7 Å². The van der Waals surface area contributed by atoms with Gasteiger partial charge in [-0.3, -0.25) is 9.59 Å². The van der Waals surface area contributed by atoms with E-state index in [9.17, 15) is 22.8 Å². The molecule has 1 amide bonds. The molecule has 0 aliphatic carbocycles. The van der Waals surface area contributed by atoms with Gasteiger partial charge in [0.15, 0.2) is 15.1 Å². The molecule has 0 fully saturated rings. The Morgan fingerprint density at radius 3 is 2.36 bits per heavy atom. The van der Waals surface area contributed by atoms with E-state index in [1.165, 1.54) is 12.1 Å². The zero-order chi connectivity index (χ0) is 19.0. The van der Waals surface area contributed by atoms with Gasteiger partial charge >= 0.3 is 12.2 Å². The largest absolute Gasteiger partial charge is 0.480 e. The summed E-state index contributed by atoms with van der Waals surface area (Å²) in [5.74, 6) is -3.04. The van der Waals surface area contributed by atoms with E-state index in [-0.39, 0.29) is 18.4 Å². The Bertz CT molecular complexity index is 800. The van der Waals surface area contributed by atoms with Crippen molar-refractivity contribution in [3.05, 3.63) is 41.4 Å². The maximum Gasteiger partial charge on any atom is 0.326 e. The van der Waals surface area contributed by atoms with Gasteiger partial charge < -0.3 is 16.0 Å². The lowest BCUT2D eigenvalue weighted by atomic mass is 10.1. The van der Waals surface area contributed by atoms with Gasteiger partial charge in [-0.2, -0.15) is 4.79 Å². The summed E-state index contributed by atoms with van der Waals surface area (Å²) in [4.78, 5) is 37.4. The highest BCUT2D eigenvalue weighted by Crippen LogP contribution is 2.22. The van der Waals surface area contributed by atoms with Crippen molar-refractivity contribution < 1.29 is 32.7 Å². The number of Topliss-reactive ketones (excluding diaryl/α,β-unsaturated/α-hetero) is 1. The molecule has 0 saturated carbocycles. The van der Waals surface area contributed by atoms with E-state index in [1.807, 2.05) is 0 Å². The van der Waals surface area contributed by atoms with Crippen LogP contribution in [0.4, 0.5) is 0 Å². The van der Waals surface area contributed by atoms with Crippen molar-refractivity contribution >= 4 is 33.7 Å². The van der Waals surface area contributed by atoms with Crippen LogP contribution in [0.1, 0.15) is 23.7 Å². The third-order valence-electron chi connectivity index (χ3n) is 3.26. The summed E-state index contributed by atoms with van der Waals surface area (Å²) in [5.41, 5.74) is 8.44. The van der Waals surface area contributed by atoms with Crippen molar-refractivity contribution in [2.75, 3.05) is 6.26 Å². The molecule has 1 aromatic rings. The molecule has 2 unspecified atom stereocenters. The number of hydrogen-bond acceptors (Lipinski definition) is 5. The number of aliphatic carboxylic acids is 1. The Balaban J connectivity index is 2.98. The van der Waals surface area contributed by atoms with Gasteiger partial charge in [-0.05, 0) is 12.0 Å². The number of carboxylic acid groups (broad SMARTS) is 1. The number of hydrogen-bond donors (Lipinski definition) is 2. The molecule has 10 heteroatoms. The second-order valence-corrected chi connectivity index (χ2v) is 7.40. The fourth-order valence-corrected chi connectivity index (χ4v) is 3.25. The average molecular weight is 367 g/mol. The van der Waals surface area contributed by atoms with E-state index in [2.05, 4.69) is 10.1 Å². The lowest BCUT2D eigenvalue weighted by molar-refractivity contribution is -0.142. The van der Waals surface area contributed by atoms with E-state index in [0.717, 1.165) is 6.26 Å². The number of carboxylic acids is 1. The van der Waals surface area contributed by atoms with Crippen LogP contribution in [0.2, 0.25) is 0 Å². The summed E-state index contributed by atoms with van der Waals surface area (Å²) in [6, 6.07) is 6.20. The van der Waals surface area contributed by atoms with Gasteiger partial charge in [0.25, 0.3) is 0 Å². The Kier molecular flexibility index (Phi) is 7.16. The minimum absolute atomic E-state index is 0.204. The first kappa shape index (κ1) is 20.2. The minimum atomic E-state index is -3.85. The molecule has 1 rings (SSSR count). The summed E-state index contributed by atoms with van der Waals surface area (Å²) in [6.45, 7) is 0. The van der Waals surface area contributed by atoms with E-state index in [4.69, 9.17) is 10.6 Å². The number of carbonyl (C=O) groups is 3. The molecule has 2 N–H and O–H groups in total. The number of rotatable bonds is 9. The van der Waals surface area contributed by atoms with Crippen LogP contribution < -0.4 is 5.32 Å². The van der Waals surface area contributed by atoms with Gasteiger partial charge in [0.1, 0.15) is 6.04 Å². The van der Waals surface area contributed by atoms with E-state index >= 15 is 0 Å². The van der Waals surface area contributed by atoms with Gasteiger partial charge in [0.05, 0.1) is 0 Å². The lowest BCUT2D eigenvalue weighted by Crippen LogP contribution is -2.44. The molecular weight excluding hydrogens is 350 g/mol. The van der Waals surface area contributed by atoms with Crippen LogP contribution in [0.3, 0.4) is 0 Å². The number of nitrogens with zero attached hydrogens (tertiary/aromatic N) is 2. The average Bonchev–Trinajstić information content (AvgIpc) is 2.51. The van der Waals surface area contributed by atoms with E-state index in [1.54, 1.807) is 18.2 Å². The van der Waals surface area contributed by atoms with E-state index in [0.29, 0.717) is 6.21 Å². The zero-order valence-electron chi connectivity index (χ0n) is 13.3. The molecule has 0 radical (unpaired) electrons. The summed E-state index contributed by atoms with van der Waals surface area (Å²) in [7, 11) is -3.85. The van der Waals surface area contributed by atoms with Crippen LogP contribution >= 0.6 is 0 Å². The predicted molar refractivity (Wildman–Crippen MR) is 87.5 cm³/mol. The Hall–Kier alpha value is -2.84. The minimum Gasteiger partial charge on any atom is -0.480 e. The summed E-state index contributed by atoms with van der Waals surface area (Å²) in [6.07, 6.45) is 0.915. The quantitative estimate of drug-likeness (QED) is 0.355. The molecule has 0 aromatic heterocycles. The molecule has 0 aliphatic rings. The first-order chi connectivity index (χ1) is 11.7. The number of ketones is 1. The number of carbonyl (C=O) groups excluding carboxylic acids is 2. The molecule has 25 heavy (non-hydrogen) atoms. The van der Waals surface area contributed by atoms with Crippen molar-refractivity contribution in [2.45, 2.75) is 24.1 Å². The topological polar surface area (TPSA) is 154 Å². The fourth-order valence-electron chi connectivity index (χ4n) is 2.14. The van der Waals surface area contributed by atoms with Crippen molar-refractivity contribution in [1.29, 1.82) is 0 Å². The van der Waals surface area contributed by atoms with Crippen molar-refractivity contribution in [3.8, 4) is 0 Å². The zero-order valence-corrected chi connectivity index (χ0v) is 14.1. The second kappa shape index (κ2) is 8.86. The third kappa shape index (κ3) is 6.28. The van der Waals surface area contributed by atoms with Gasteiger partial charge in [-0.1, -0.05) is 30.3 Å². The molecule has 1 aromatic carbocycles. The normalized spacial score (nSPS) is 13.2. The van der Waals surface area contributed by atoms with Gasteiger partial charge in [-0.25, -0.2) is 13.2 Å². The van der Waals surface area contributed by atoms with Crippen LogP contribution in [-0.2, 0) is 24.2 Å². The summed E-state index contributed by atoms with van der Waals surface area (Å²) < 4.78 is 23.9. The van der Waals surface area contributed by atoms with Crippen molar-refractivity contribution in [2.24, 2.45) is 0 Å². The van der Waals surface area contributed by atoms with Crippen LogP contribution in [0, 0.1) is 0 Å². The highest BCUT2D eigenvalue weighted by Gasteiger charge is 2.33. The van der Waals surface area contributed by atoms with Crippen LogP contribution in [0.25, 0.3) is 5.53 Å². The lowest BCUT2D eigenvalue weighted by Gasteiger charge is -2.19. The highest BCUT2D eigenvalue weighted by atomic mass is 32.2. The molecule has 9 nitrogen and oxygen atoms in total. The fraction of sp³-hybridized carbons (Fsp3) is 0.333. The molecule has 2 atom stereocenters. The van der Waals surface area contributed by atoms with Gasteiger partial charge in [0.2, 0.25) is 11.7 Å². The molecule has 0 saturated heterocycles. The number of amides is 1. The second-order valence-electron chi connectivity index (χ2n) is 5.27. The van der Waals surface area contributed by atoms with Crippen LogP contribution in [0.5, 0.6) is 0 Å². The smallest absolute Gasteiger partial charge is 0.326 e. The standard InChI is InChI=1S/C15H17N3O6S/c1-25(23,24)13(10-5-3-2-4-6-10)14(20)18-12(15(21)22)8-7-11(19)9-17-16/h2-6,9,12-13H,7-8H2,1H3,(H,18,20)(H,21,22). The Morgan fingerprint density at radius 1 is 1.28 bits per heavy atom. The molecule has 0 heterocycles. The van der Waals surface area contributed by atoms with Crippen molar-refractivity contribution in [1.82, 2.24) is 5.32 Å². The Morgan fingerprint density at radius 2 is 1.88 bits per heavy atom. The number of sulfone groups is 1. The van der Waals surface area contributed by atoms with Crippen LogP contribution in [-0.4, -0.2) is 54.5 Å². The maximum absolute atomic E-state index is 12.4. The van der Waals surface area contributed by atoms with Crippen LogP contribution in [0.15, 0.2) is 30.3 Å². The first-order valence-electron chi connectivity index (χ1n) is 7.14. The SMILES string of the molecule is CS(=O)(=O)C(C(=O)NC(CCC(=O)C=[N+]=[N-])C(=O)O)c1ccccc1. The summed E-state index contributed by atoms with van der Waals surface area (Å²) >= 11 is 0. The molecular formula is C15H17N3O6S. The predicted octanol–water partition coefficient (Wildman–Crippen LogP) is -0.00840.